The van der Waals surface area contributed by atoms with Crippen LogP contribution in [0, 0.1) is 0 Å². The van der Waals surface area contributed by atoms with Crippen LogP contribution < -0.4 is 0 Å². The highest BCUT2D eigenvalue weighted by atomic mass is 32.2. The fourth-order valence-electron chi connectivity index (χ4n) is 3.18. The fraction of sp³-hybridized carbons (Fsp3) is 0.765. The zero-order chi connectivity index (χ0) is 17.7. The first-order valence-corrected chi connectivity index (χ1v) is 11.4. The predicted molar refractivity (Wildman–Crippen MR) is 97.8 cm³/mol. The second kappa shape index (κ2) is 8.43. The van der Waals surface area contributed by atoms with Crippen LogP contribution in [-0.4, -0.2) is 42.0 Å². The number of nitrogens with zero attached hydrogens (tertiary/aromatic N) is 2. The Bertz CT molecular complexity index is 655. The molecule has 0 bridgehead atoms. The number of thiazole rings is 1. The fourth-order valence-corrected chi connectivity index (χ4v) is 5.44. The SMILES string of the molecule is CCCc1nc(CS(=O)(=O)C(C)C(=O)N2CCCCC2CC)cs1. The average Bonchev–Trinajstić information content (AvgIpc) is 3.00. The zero-order valence-electron chi connectivity index (χ0n) is 14.8. The summed E-state index contributed by atoms with van der Waals surface area (Å²) in [7, 11) is -3.54. The van der Waals surface area contributed by atoms with Crippen LogP contribution in [0.4, 0.5) is 0 Å². The minimum absolute atomic E-state index is 0.148. The monoisotopic (exact) mass is 372 g/mol. The Kier molecular flexibility index (Phi) is 6.80. The Hall–Kier alpha value is -0.950. The summed E-state index contributed by atoms with van der Waals surface area (Å²) in [5, 5.41) is 1.76. The molecule has 1 aromatic rings. The van der Waals surface area contributed by atoms with Crippen molar-refractivity contribution >= 4 is 27.1 Å². The smallest absolute Gasteiger partial charge is 0.240 e. The lowest BCUT2D eigenvalue weighted by Gasteiger charge is -2.36. The number of likely N-dealkylation sites (tertiary alicyclic amines) is 1. The van der Waals surface area contributed by atoms with Crippen LogP contribution in [0.3, 0.4) is 0 Å². The lowest BCUT2D eigenvalue weighted by molar-refractivity contribution is -0.134. The second-order valence-corrected chi connectivity index (χ2v) is 9.79. The molecular formula is C17H28N2O3S2. The number of sulfone groups is 1. The molecule has 2 rings (SSSR count). The largest absolute Gasteiger partial charge is 0.339 e. The number of hydrogen-bond acceptors (Lipinski definition) is 5. The van der Waals surface area contributed by atoms with E-state index in [1.165, 1.54) is 18.3 Å². The van der Waals surface area contributed by atoms with E-state index in [1.54, 1.807) is 10.3 Å². The summed E-state index contributed by atoms with van der Waals surface area (Å²) in [6, 6.07) is 0.180. The van der Waals surface area contributed by atoms with Crippen LogP contribution in [0.25, 0.3) is 0 Å². The molecule has 24 heavy (non-hydrogen) atoms. The first kappa shape index (κ1) is 19.4. The minimum Gasteiger partial charge on any atom is -0.339 e. The normalized spacial score (nSPS) is 20.1. The average molecular weight is 373 g/mol. The van der Waals surface area contributed by atoms with Gasteiger partial charge in [-0.15, -0.1) is 11.3 Å². The maximum absolute atomic E-state index is 12.7. The minimum atomic E-state index is -3.54. The highest BCUT2D eigenvalue weighted by Gasteiger charge is 2.35. The number of carbonyl (C=O) groups excluding carboxylic acids is 1. The first-order chi connectivity index (χ1) is 11.4. The molecule has 5 nitrogen and oxygen atoms in total. The third-order valence-electron chi connectivity index (χ3n) is 4.68. The molecule has 1 aromatic heterocycles. The molecule has 0 saturated carbocycles. The van der Waals surface area contributed by atoms with E-state index in [1.807, 2.05) is 0 Å². The molecule has 0 N–H and O–H groups in total. The van der Waals surface area contributed by atoms with Gasteiger partial charge < -0.3 is 4.90 Å². The van der Waals surface area contributed by atoms with Gasteiger partial charge in [0.25, 0.3) is 0 Å². The van der Waals surface area contributed by atoms with Crippen molar-refractivity contribution < 1.29 is 13.2 Å². The summed E-state index contributed by atoms with van der Waals surface area (Å²) < 4.78 is 25.3. The molecule has 0 aliphatic carbocycles. The van der Waals surface area contributed by atoms with E-state index < -0.39 is 15.1 Å². The molecule has 0 radical (unpaired) electrons. The topological polar surface area (TPSA) is 67.3 Å². The Labute approximate surface area is 149 Å². The van der Waals surface area contributed by atoms with Gasteiger partial charge in [0.05, 0.1) is 16.5 Å². The third-order valence-corrected chi connectivity index (χ3v) is 7.61. The van der Waals surface area contributed by atoms with Gasteiger partial charge in [0.2, 0.25) is 5.91 Å². The van der Waals surface area contributed by atoms with Gasteiger partial charge in [-0.05, 0) is 45.4 Å². The van der Waals surface area contributed by atoms with Gasteiger partial charge in [-0.2, -0.15) is 0 Å². The van der Waals surface area contributed by atoms with Gasteiger partial charge in [0.1, 0.15) is 5.25 Å². The highest BCUT2D eigenvalue weighted by molar-refractivity contribution is 7.92. The zero-order valence-corrected chi connectivity index (χ0v) is 16.5. The highest BCUT2D eigenvalue weighted by Crippen LogP contribution is 2.23. The van der Waals surface area contributed by atoms with Crippen molar-refractivity contribution in [2.24, 2.45) is 0 Å². The van der Waals surface area contributed by atoms with Gasteiger partial charge in [-0.25, -0.2) is 13.4 Å². The van der Waals surface area contributed by atoms with E-state index in [-0.39, 0.29) is 17.7 Å². The van der Waals surface area contributed by atoms with Crippen molar-refractivity contribution in [1.29, 1.82) is 0 Å². The molecule has 1 aliphatic heterocycles. The Balaban J connectivity index is 2.07. The summed E-state index contributed by atoms with van der Waals surface area (Å²) >= 11 is 1.50. The van der Waals surface area contributed by atoms with Crippen LogP contribution in [0.5, 0.6) is 0 Å². The predicted octanol–water partition coefficient (Wildman–Crippen LogP) is 3.19. The summed E-state index contributed by atoms with van der Waals surface area (Å²) in [6.07, 6.45) is 5.78. The third kappa shape index (κ3) is 4.57. The van der Waals surface area contributed by atoms with E-state index in [2.05, 4.69) is 18.8 Å². The van der Waals surface area contributed by atoms with Gasteiger partial charge in [0.15, 0.2) is 9.84 Å². The number of aryl methyl sites for hydroxylation is 1. The summed E-state index contributed by atoms with van der Waals surface area (Å²) in [4.78, 5) is 18.9. The van der Waals surface area contributed by atoms with Crippen LogP contribution in [0.15, 0.2) is 5.38 Å². The molecule has 0 aromatic carbocycles. The Morgan fingerprint density at radius 3 is 2.83 bits per heavy atom. The molecule has 136 valence electrons. The number of carbonyl (C=O) groups is 1. The second-order valence-electron chi connectivity index (χ2n) is 6.52. The molecule has 2 heterocycles. The van der Waals surface area contributed by atoms with E-state index in [0.29, 0.717) is 12.2 Å². The van der Waals surface area contributed by atoms with Crippen LogP contribution in [0.1, 0.15) is 63.6 Å². The van der Waals surface area contributed by atoms with Gasteiger partial charge in [0, 0.05) is 18.0 Å². The number of amides is 1. The summed E-state index contributed by atoms with van der Waals surface area (Å²) in [5.74, 6) is -0.393. The molecule has 1 saturated heterocycles. The summed E-state index contributed by atoms with van der Waals surface area (Å²) in [6.45, 7) is 6.33. The quantitative estimate of drug-likeness (QED) is 0.737. The van der Waals surface area contributed by atoms with Crippen LogP contribution in [-0.2, 0) is 26.8 Å². The maximum Gasteiger partial charge on any atom is 0.240 e. The van der Waals surface area contributed by atoms with E-state index >= 15 is 0 Å². The Morgan fingerprint density at radius 1 is 1.42 bits per heavy atom. The van der Waals surface area contributed by atoms with Gasteiger partial charge in [-0.1, -0.05) is 13.8 Å². The van der Waals surface area contributed by atoms with Crippen LogP contribution >= 0.6 is 11.3 Å². The number of piperidine rings is 1. The van der Waals surface area contributed by atoms with Crippen LogP contribution in [0.2, 0.25) is 0 Å². The lowest BCUT2D eigenvalue weighted by atomic mass is 10.00. The maximum atomic E-state index is 12.7. The van der Waals surface area contributed by atoms with Crippen molar-refractivity contribution in [2.75, 3.05) is 6.54 Å². The molecule has 2 atom stereocenters. The van der Waals surface area contributed by atoms with Crippen molar-refractivity contribution in [3.05, 3.63) is 16.1 Å². The van der Waals surface area contributed by atoms with E-state index in [9.17, 15) is 13.2 Å². The molecule has 1 aliphatic rings. The van der Waals surface area contributed by atoms with Crippen molar-refractivity contribution in [3.63, 3.8) is 0 Å². The van der Waals surface area contributed by atoms with Crippen molar-refractivity contribution in [2.45, 2.75) is 76.3 Å². The van der Waals surface area contributed by atoms with E-state index in [0.717, 1.165) is 43.5 Å². The Morgan fingerprint density at radius 2 is 2.17 bits per heavy atom. The standard InChI is InChI=1S/C17H28N2O3S2/c1-4-8-16-18-14(11-23-16)12-24(21,22)13(3)17(20)19-10-7-6-9-15(19)5-2/h11,13,15H,4-10,12H2,1-3H3. The van der Waals surface area contributed by atoms with Crippen molar-refractivity contribution in [1.82, 2.24) is 9.88 Å². The molecule has 1 amide bonds. The molecule has 1 fully saturated rings. The number of aromatic nitrogens is 1. The molecule has 0 spiro atoms. The molecular weight excluding hydrogens is 344 g/mol. The first-order valence-electron chi connectivity index (χ1n) is 8.84. The van der Waals surface area contributed by atoms with Crippen molar-refractivity contribution in [3.8, 4) is 0 Å². The van der Waals surface area contributed by atoms with Gasteiger partial charge in [-0.3, -0.25) is 4.79 Å². The lowest BCUT2D eigenvalue weighted by Crippen LogP contribution is -2.49. The molecule has 2 unspecified atom stereocenters. The van der Waals surface area contributed by atoms with Gasteiger partial charge >= 0.3 is 0 Å². The van der Waals surface area contributed by atoms with E-state index in [4.69, 9.17) is 0 Å². The molecule has 7 heteroatoms. The summed E-state index contributed by atoms with van der Waals surface area (Å²) in [5.41, 5.74) is 0.564. The number of hydrogen-bond donors (Lipinski definition) is 0. The number of rotatable bonds is 7.